The van der Waals surface area contributed by atoms with Crippen LogP contribution in [0.5, 0.6) is 0 Å². The van der Waals surface area contributed by atoms with Crippen molar-refractivity contribution >= 4 is 11.1 Å². The van der Waals surface area contributed by atoms with E-state index in [1.165, 1.54) is 12.1 Å². The molecule has 0 fully saturated rings. The van der Waals surface area contributed by atoms with Crippen molar-refractivity contribution < 1.29 is 13.2 Å². The minimum Gasteiger partial charge on any atom is -0.166 e. The molecular formula is C19H17F3. The molecule has 0 bridgehead atoms. The molecule has 0 saturated heterocycles. The summed E-state index contributed by atoms with van der Waals surface area (Å²) in [6.45, 7) is 7.77. The van der Waals surface area contributed by atoms with E-state index < -0.39 is 11.7 Å². The predicted molar refractivity (Wildman–Crippen MR) is 85.3 cm³/mol. The molecule has 0 heterocycles. The van der Waals surface area contributed by atoms with E-state index in [4.69, 9.17) is 0 Å². The van der Waals surface area contributed by atoms with Gasteiger partial charge in [0.25, 0.3) is 0 Å². The monoisotopic (exact) mass is 302 g/mol. The molecule has 0 spiro atoms. The van der Waals surface area contributed by atoms with E-state index in [9.17, 15) is 13.2 Å². The first kappa shape index (κ1) is 16.1. The lowest BCUT2D eigenvalue weighted by molar-refractivity contribution is -0.137. The highest BCUT2D eigenvalue weighted by molar-refractivity contribution is 5.95. The number of hydrogen-bond acceptors (Lipinski definition) is 0. The Morgan fingerprint density at radius 2 is 1.59 bits per heavy atom. The second-order valence-electron chi connectivity index (χ2n) is 5.13. The largest absolute Gasteiger partial charge is 0.416 e. The van der Waals surface area contributed by atoms with Gasteiger partial charge in [0.2, 0.25) is 0 Å². The second kappa shape index (κ2) is 6.22. The molecule has 2 aromatic carbocycles. The molecule has 0 amide bonds. The zero-order chi connectivity index (χ0) is 16.3. The fraction of sp³-hybridized carbons (Fsp3) is 0.158. The second-order valence-corrected chi connectivity index (χ2v) is 5.13. The van der Waals surface area contributed by atoms with Crippen molar-refractivity contribution in [3.63, 3.8) is 0 Å². The molecule has 0 saturated carbocycles. The number of allylic oxidation sites excluding steroid dienone is 3. The minimum atomic E-state index is -4.32. The molecule has 2 rings (SSSR count). The Hall–Kier alpha value is -2.29. The van der Waals surface area contributed by atoms with Crippen LogP contribution in [0.15, 0.2) is 61.2 Å². The topological polar surface area (TPSA) is 0 Å². The van der Waals surface area contributed by atoms with Crippen LogP contribution in [0, 0.1) is 6.92 Å². The molecule has 22 heavy (non-hydrogen) atoms. The first-order chi connectivity index (χ1) is 10.3. The molecule has 114 valence electrons. The van der Waals surface area contributed by atoms with Gasteiger partial charge in [0, 0.05) is 0 Å². The number of aryl methyl sites for hydroxylation is 1. The summed E-state index contributed by atoms with van der Waals surface area (Å²) in [5.41, 5.74) is 4.09. The molecule has 3 heteroatoms. The molecule has 2 aromatic rings. The number of rotatable bonds is 3. The van der Waals surface area contributed by atoms with Gasteiger partial charge in [0.05, 0.1) is 5.56 Å². The van der Waals surface area contributed by atoms with Gasteiger partial charge in [-0.1, -0.05) is 49.1 Å². The Kier molecular flexibility index (Phi) is 4.55. The summed E-state index contributed by atoms with van der Waals surface area (Å²) in [6.07, 6.45) is -2.63. The van der Waals surface area contributed by atoms with Crippen molar-refractivity contribution in [1.29, 1.82) is 0 Å². The maximum atomic E-state index is 12.6. The normalized spacial score (nSPS) is 12.8. The summed E-state index contributed by atoms with van der Waals surface area (Å²) in [5, 5.41) is 0. The van der Waals surface area contributed by atoms with Crippen molar-refractivity contribution in [1.82, 2.24) is 0 Å². The van der Waals surface area contributed by atoms with Gasteiger partial charge in [-0.25, -0.2) is 0 Å². The standard InChI is InChI=1S/C19H17F3/c1-4-17(14(3)18-8-6-5-7-13(18)2)15-9-11-16(12-10-15)19(20,21)22/h4-12H,1H2,2-3H3/b17-14+. The Labute approximate surface area is 128 Å². The van der Waals surface area contributed by atoms with Crippen molar-refractivity contribution in [2.45, 2.75) is 20.0 Å². The van der Waals surface area contributed by atoms with E-state index >= 15 is 0 Å². The highest BCUT2D eigenvalue weighted by Gasteiger charge is 2.30. The molecule has 0 unspecified atom stereocenters. The first-order valence-corrected chi connectivity index (χ1v) is 6.91. The smallest absolute Gasteiger partial charge is 0.166 e. The van der Waals surface area contributed by atoms with E-state index in [2.05, 4.69) is 6.58 Å². The summed E-state index contributed by atoms with van der Waals surface area (Å²) in [7, 11) is 0. The highest BCUT2D eigenvalue weighted by atomic mass is 19.4. The van der Waals surface area contributed by atoms with Gasteiger partial charge < -0.3 is 0 Å². The first-order valence-electron chi connectivity index (χ1n) is 6.91. The van der Waals surface area contributed by atoms with Crippen LogP contribution in [-0.4, -0.2) is 0 Å². The fourth-order valence-corrected chi connectivity index (χ4v) is 2.46. The number of halogens is 3. The summed E-state index contributed by atoms with van der Waals surface area (Å²) in [5.74, 6) is 0. The Bertz CT molecular complexity index is 704. The van der Waals surface area contributed by atoms with Crippen LogP contribution in [0.4, 0.5) is 13.2 Å². The van der Waals surface area contributed by atoms with Gasteiger partial charge >= 0.3 is 6.18 Å². The van der Waals surface area contributed by atoms with Crippen LogP contribution in [0.1, 0.15) is 29.2 Å². The number of hydrogen-bond donors (Lipinski definition) is 0. The molecule has 0 aliphatic heterocycles. The van der Waals surface area contributed by atoms with Gasteiger partial charge in [0.15, 0.2) is 0 Å². The third kappa shape index (κ3) is 3.30. The summed E-state index contributed by atoms with van der Waals surface area (Å²) < 4.78 is 37.9. The van der Waals surface area contributed by atoms with Crippen LogP contribution in [-0.2, 0) is 6.18 Å². The van der Waals surface area contributed by atoms with Crippen LogP contribution in [0.2, 0.25) is 0 Å². The molecule has 0 radical (unpaired) electrons. The zero-order valence-electron chi connectivity index (χ0n) is 12.5. The van der Waals surface area contributed by atoms with E-state index in [0.717, 1.165) is 40.0 Å². The molecule has 0 N–H and O–H groups in total. The third-order valence-electron chi connectivity index (χ3n) is 3.68. The lowest BCUT2D eigenvalue weighted by Gasteiger charge is -2.13. The Morgan fingerprint density at radius 1 is 1.00 bits per heavy atom. The predicted octanol–water partition coefficient (Wildman–Crippen LogP) is 6.13. The van der Waals surface area contributed by atoms with Gasteiger partial charge in [-0.2, -0.15) is 13.2 Å². The van der Waals surface area contributed by atoms with Gasteiger partial charge in [0.1, 0.15) is 0 Å². The molecule has 0 nitrogen and oxygen atoms in total. The summed E-state index contributed by atoms with van der Waals surface area (Å²) in [6, 6.07) is 13.1. The van der Waals surface area contributed by atoms with E-state index in [1.807, 2.05) is 38.1 Å². The minimum absolute atomic E-state index is 0.645. The Morgan fingerprint density at radius 3 is 2.09 bits per heavy atom. The fourth-order valence-electron chi connectivity index (χ4n) is 2.46. The highest BCUT2D eigenvalue weighted by Crippen LogP contribution is 2.32. The van der Waals surface area contributed by atoms with E-state index in [0.29, 0.717) is 0 Å². The molecule has 0 aliphatic rings. The third-order valence-corrected chi connectivity index (χ3v) is 3.68. The molecule has 0 atom stereocenters. The Balaban J connectivity index is 2.50. The molecule has 0 aromatic heterocycles. The SMILES string of the molecule is C=C/C(=C(/C)c1ccccc1C)c1ccc(C(F)(F)F)cc1. The van der Waals surface area contributed by atoms with E-state index in [-0.39, 0.29) is 0 Å². The zero-order valence-corrected chi connectivity index (χ0v) is 12.5. The molecular weight excluding hydrogens is 285 g/mol. The summed E-state index contributed by atoms with van der Waals surface area (Å²) >= 11 is 0. The van der Waals surface area contributed by atoms with Gasteiger partial charge in [-0.05, 0) is 53.8 Å². The number of alkyl halides is 3. The lowest BCUT2D eigenvalue weighted by atomic mass is 9.93. The van der Waals surface area contributed by atoms with Crippen molar-refractivity contribution in [2.75, 3.05) is 0 Å². The van der Waals surface area contributed by atoms with Crippen molar-refractivity contribution in [3.8, 4) is 0 Å². The van der Waals surface area contributed by atoms with Crippen LogP contribution < -0.4 is 0 Å². The maximum absolute atomic E-state index is 12.6. The average Bonchev–Trinajstić information content (AvgIpc) is 2.48. The molecule has 0 aliphatic carbocycles. The van der Waals surface area contributed by atoms with Gasteiger partial charge in [-0.15, -0.1) is 0 Å². The average molecular weight is 302 g/mol. The lowest BCUT2D eigenvalue weighted by Crippen LogP contribution is -2.04. The van der Waals surface area contributed by atoms with Crippen molar-refractivity contribution in [2.24, 2.45) is 0 Å². The quantitative estimate of drug-likeness (QED) is 0.472. The summed E-state index contributed by atoms with van der Waals surface area (Å²) in [4.78, 5) is 0. The van der Waals surface area contributed by atoms with Crippen LogP contribution >= 0.6 is 0 Å². The van der Waals surface area contributed by atoms with Crippen molar-refractivity contribution in [3.05, 3.63) is 83.4 Å². The van der Waals surface area contributed by atoms with Gasteiger partial charge in [-0.3, -0.25) is 0 Å². The number of benzene rings is 2. The van der Waals surface area contributed by atoms with Crippen LogP contribution in [0.3, 0.4) is 0 Å². The van der Waals surface area contributed by atoms with Crippen LogP contribution in [0.25, 0.3) is 11.1 Å². The van der Waals surface area contributed by atoms with E-state index in [1.54, 1.807) is 6.08 Å². The maximum Gasteiger partial charge on any atom is 0.416 e.